The first-order valence-electron chi connectivity index (χ1n) is 10.4. The molecule has 11 heteroatoms. The summed E-state index contributed by atoms with van der Waals surface area (Å²) in [6, 6.07) is 0. The molecule has 0 spiro atoms. The Morgan fingerprint density at radius 2 is 1.07 bits per heavy atom. The summed E-state index contributed by atoms with van der Waals surface area (Å²) in [4.78, 5) is 20.1. The van der Waals surface area contributed by atoms with Gasteiger partial charge in [-0.15, -0.1) is 0 Å². The van der Waals surface area contributed by atoms with Crippen LogP contribution in [0, 0.1) is 0 Å². The molecule has 0 aromatic carbocycles. The van der Waals surface area contributed by atoms with E-state index in [2.05, 4.69) is 0 Å². The van der Waals surface area contributed by atoms with Crippen LogP contribution in [0.3, 0.4) is 0 Å². The van der Waals surface area contributed by atoms with Crippen molar-refractivity contribution < 1.29 is 48.1 Å². The van der Waals surface area contributed by atoms with E-state index in [0.29, 0.717) is 92.2 Å². The molecule has 0 aromatic rings. The minimum atomic E-state index is -0.755. The van der Waals surface area contributed by atoms with Gasteiger partial charge in [-0.1, -0.05) is 6.42 Å². The van der Waals surface area contributed by atoms with Gasteiger partial charge in [0.25, 0.3) is 0 Å². The highest BCUT2D eigenvalue weighted by Gasteiger charge is 1.97. The van der Waals surface area contributed by atoms with Gasteiger partial charge in [0.1, 0.15) is 6.61 Å². The van der Waals surface area contributed by atoms with Crippen LogP contribution in [0.15, 0.2) is 0 Å². The van der Waals surface area contributed by atoms with Gasteiger partial charge >= 0.3 is 5.97 Å². The van der Waals surface area contributed by atoms with Crippen LogP contribution >= 0.6 is 0 Å². The summed E-state index contributed by atoms with van der Waals surface area (Å²) >= 11 is 0. The number of hydrogen-bond acceptors (Lipinski definition) is 10. The number of carboxylic acids is 1. The number of carbonyl (C=O) groups is 1. The van der Waals surface area contributed by atoms with E-state index in [1.165, 1.54) is 0 Å². The van der Waals surface area contributed by atoms with Crippen LogP contribution in [0.4, 0.5) is 0 Å². The number of hydrogen-bond donors (Lipinski definition) is 2. The van der Waals surface area contributed by atoms with Gasteiger partial charge in [-0.05, 0) is 12.8 Å². The molecule has 0 amide bonds. The van der Waals surface area contributed by atoms with E-state index in [0.717, 1.165) is 12.8 Å². The lowest BCUT2D eigenvalue weighted by molar-refractivity contribution is -0.340. The Hall–Kier alpha value is -0.890. The third-order valence-electron chi connectivity index (χ3n) is 3.46. The van der Waals surface area contributed by atoms with E-state index in [1.807, 2.05) is 0 Å². The first-order chi connectivity index (χ1) is 14.8. The second-order valence-electron chi connectivity index (χ2n) is 6.02. The normalized spacial score (nSPS) is 11.2. The zero-order chi connectivity index (χ0) is 22.0. The Balaban J connectivity index is 2.99. The van der Waals surface area contributed by atoms with Gasteiger partial charge in [0.05, 0.1) is 66.1 Å². The molecule has 0 aliphatic carbocycles. The van der Waals surface area contributed by atoms with Crippen molar-refractivity contribution in [1.82, 2.24) is 0 Å². The number of aliphatic carboxylic acids is 1. The van der Waals surface area contributed by atoms with E-state index < -0.39 is 5.97 Å². The van der Waals surface area contributed by atoms with Crippen LogP contribution in [0.5, 0.6) is 0 Å². The predicted molar refractivity (Wildman–Crippen MR) is 107 cm³/mol. The Labute approximate surface area is 178 Å². The molecule has 11 nitrogen and oxygen atoms in total. The summed E-state index contributed by atoms with van der Waals surface area (Å²) in [5, 5.41) is 8.51. The van der Waals surface area contributed by atoms with Crippen molar-refractivity contribution in [3.63, 3.8) is 0 Å². The lowest BCUT2D eigenvalue weighted by atomic mass is 10.2. The van der Waals surface area contributed by atoms with Gasteiger partial charge in [-0.3, -0.25) is 4.79 Å². The Kier molecular flexibility index (Phi) is 25.4. The molecule has 0 fully saturated rings. The fraction of sp³-hybridized carbons (Fsp3) is 0.947. The Morgan fingerprint density at radius 1 is 0.567 bits per heavy atom. The van der Waals surface area contributed by atoms with Crippen molar-refractivity contribution in [3.05, 3.63) is 0 Å². The lowest BCUT2D eigenvalue weighted by Crippen LogP contribution is -2.15. The van der Waals surface area contributed by atoms with Crippen LogP contribution in [-0.4, -0.2) is 104 Å². The van der Waals surface area contributed by atoms with Crippen molar-refractivity contribution in [3.8, 4) is 0 Å². The summed E-state index contributed by atoms with van der Waals surface area (Å²) in [7, 11) is 0. The molecule has 0 aromatic heterocycles. The number of ether oxygens (including phenoxy) is 6. The molecule has 0 unspecified atom stereocenters. The molecule has 0 aliphatic rings. The fourth-order valence-corrected chi connectivity index (χ4v) is 2.00. The van der Waals surface area contributed by atoms with E-state index in [-0.39, 0.29) is 13.2 Å². The van der Waals surface area contributed by atoms with E-state index in [4.69, 9.17) is 49.0 Å². The lowest BCUT2D eigenvalue weighted by Gasteiger charge is -2.08. The van der Waals surface area contributed by atoms with Crippen molar-refractivity contribution in [2.45, 2.75) is 25.7 Å². The first-order valence-corrected chi connectivity index (χ1v) is 10.4. The fourth-order valence-electron chi connectivity index (χ4n) is 2.00. The third kappa shape index (κ3) is 27.1. The largest absolute Gasteiger partial charge is 0.481 e. The van der Waals surface area contributed by atoms with Gasteiger partial charge in [0, 0.05) is 19.6 Å². The molecule has 3 N–H and O–H groups in total. The quantitative estimate of drug-likeness (QED) is 0.0844. The van der Waals surface area contributed by atoms with Crippen LogP contribution in [0.1, 0.15) is 25.7 Å². The SMILES string of the molecule is NCCOCCOCCOCCOCOOCCOCCOCCCCCC(=O)O. The van der Waals surface area contributed by atoms with Crippen LogP contribution in [-0.2, 0) is 43.0 Å². The average Bonchev–Trinajstić information content (AvgIpc) is 2.73. The molecule has 0 radical (unpaired) electrons. The molecule has 30 heavy (non-hydrogen) atoms. The summed E-state index contributed by atoms with van der Waals surface area (Å²) in [6.45, 7) is 6.23. The van der Waals surface area contributed by atoms with Gasteiger partial charge in [0.15, 0.2) is 6.79 Å². The van der Waals surface area contributed by atoms with Crippen molar-refractivity contribution in [1.29, 1.82) is 0 Å². The average molecular weight is 442 g/mol. The maximum absolute atomic E-state index is 10.3. The molecule has 0 atom stereocenters. The topological polar surface area (TPSA) is 137 Å². The summed E-state index contributed by atoms with van der Waals surface area (Å²) in [6.07, 6.45) is 2.61. The zero-order valence-electron chi connectivity index (χ0n) is 17.9. The Bertz CT molecular complexity index is 349. The minimum absolute atomic E-state index is 0.0172. The number of nitrogens with two attached hydrogens (primary N) is 1. The summed E-state index contributed by atoms with van der Waals surface area (Å²) in [5.41, 5.74) is 5.29. The number of unbranched alkanes of at least 4 members (excludes halogenated alkanes) is 2. The molecule has 0 aliphatic heterocycles. The van der Waals surface area contributed by atoms with Gasteiger partial charge in [-0.25, -0.2) is 9.78 Å². The molecule has 0 saturated heterocycles. The highest BCUT2D eigenvalue weighted by Crippen LogP contribution is 1.99. The van der Waals surface area contributed by atoms with Crippen LogP contribution < -0.4 is 5.73 Å². The van der Waals surface area contributed by atoms with Gasteiger partial charge in [0.2, 0.25) is 0 Å². The smallest absolute Gasteiger partial charge is 0.303 e. The molecule has 0 heterocycles. The highest BCUT2D eigenvalue weighted by atomic mass is 17.2. The van der Waals surface area contributed by atoms with E-state index in [1.54, 1.807) is 0 Å². The van der Waals surface area contributed by atoms with E-state index >= 15 is 0 Å². The highest BCUT2D eigenvalue weighted by molar-refractivity contribution is 5.66. The third-order valence-corrected chi connectivity index (χ3v) is 3.46. The second-order valence-corrected chi connectivity index (χ2v) is 6.02. The molecular formula is C19H39NO10. The maximum Gasteiger partial charge on any atom is 0.303 e. The number of rotatable bonds is 26. The molecule has 0 saturated carbocycles. The van der Waals surface area contributed by atoms with Crippen molar-refractivity contribution >= 4 is 5.97 Å². The van der Waals surface area contributed by atoms with Gasteiger partial charge in [-0.2, -0.15) is 0 Å². The number of carboxylic acid groups (broad SMARTS) is 1. The van der Waals surface area contributed by atoms with Crippen LogP contribution in [0.25, 0.3) is 0 Å². The summed E-state index contributed by atoms with van der Waals surface area (Å²) < 4.78 is 31.7. The molecule has 180 valence electrons. The van der Waals surface area contributed by atoms with Crippen molar-refractivity contribution in [2.24, 2.45) is 5.73 Å². The van der Waals surface area contributed by atoms with Crippen molar-refractivity contribution in [2.75, 3.05) is 92.6 Å². The molecule has 0 bridgehead atoms. The second kappa shape index (κ2) is 26.1. The minimum Gasteiger partial charge on any atom is -0.481 e. The maximum atomic E-state index is 10.3. The predicted octanol–water partition coefficient (Wildman–Crippen LogP) is 0.595. The summed E-state index contributed by atoms with van der Waals surface area (Å²) in [5.74, 6) is -0.755. The monoisotopic (exact) mass is 441 g/mol. The molecule has 0 rings (SSSR count). The molecular weight excluding hydrogens is 402 g/mol. The van der Waals surface area contributed by atoms with E-state index in [9.17, 15) is 4.79 Å². The standard InChI is InChI=1S/C19H39NO10/c20-5-7-24-9-11-25-12-13-26-14-15-28-18-30-29-17-16-27-10-8-23-6-3-1-2-4-19(21)22/h1-18,20H2,(H,21,22). The Morgan fingerprint density at radius 3 is 1.63 bits per heavy atom. The van der Waals surface area contributed by atoms with Gasteiger partial charge < -0.3 is 39.3 Å². The first kappa shape index (κ1) is 29.1. The zero-order valence-corrected chi connectivity index (χ0v) is 17.9. The van der Waals surface area contributed by atoms with Crippen LogP contribution in [0.2, 0.25) is 0 Å².